The van der Waals surface area contributed by atoms with E-state index in [1.807, 2.05) is 18.2 Å². The second kappa shape index (κ2) is 8.39. The molecule has 156 valence electrons. The highest BCUT2D eigenvalue weighted by molar-refractivity contribution is 6.03. The molecule has 6 nitrogen and oxygen atoms in total. The van der Waals surface area contributed by atoms with E-state index in [-0.39, 0.29) is 11.7 Å². The highest BCUT2D eigenvalue weighted by Crippen LogP contribution is 2.38. The summed E-state index contributed by atoms with van der Waals surface area (Å²) in [6, 6.07) is 13.7. The van der Waals surface area contributed by atoms with Gasteiger partial charge in [-0.1, -0.05) is 0 Å². The van der Waals surface area contributed by atoms with Gasteiger partial charge in [0.15, 0.2) is 0 Å². The zero-order chi connectivity index (χ0) is 22.0. The number of aromatic nitrogens is 3. The number of aliphatic hydroxyl groups excluding tert-OH is 1. The molecule has 0 saturated heterocycles. The zero-order valence-electron chi connectivity index (χ0n) is 17.1. The molecular weight excluding hydrogens is 395 g/mol. The Morgan fingerprint density at radius 1 is 1.10 bits per heavy atom. The molecule has 1 aromatic carbocycles. The molecule has 0 saturated carbocycles. The lowest BCUT2D eigenvalue weighted by Gasteiger charge is -2.11. The van der Waals surface area contributed by atoms with Gasteiger partial charge in [0.2, 0.25) is 5.91 Å². The van der Waals surface area contributed by atoms with Gasteiger partial charge in [-0.05, 0) is 79.1 Å². The Kier molecular flexibility index (Phi) is 5.49. The number of benzene rings is 1. The van der Waals surface area contributed by atoms with E-state index in [4.69, 9.17) is 5.11 Å². The van der Waals surface area contributed by atoms with E-state index in [0.29, 0.717) is 17.0 Å². The van der Waals surface area contributed by atoms with Gasteiger partial charge < -0.3 is 15.4 Å². The molecule has 1 amide bonds. The molecule has 0 spiro atoms. The van der Waals surface area contributed by atoms with Crippen LogP contribution >= 0.6 is 0 Å². The fraction of sp³-hybridized carbons (Fsp3) is 0.125. The Bertz CT molecular complexity index is 1260. The first kappa shape index (κ1) is 20.3. The van der Waals surface area contributed by atoms with Crippen LogP contribution in [0.5, 0.6) is 0 Å². The van der Waals surface area contributed by atoms with Crippen molar-refractivity contribution in [2.75, 3.05) is 5.32 Å². The smallest absolute Gasteiger partial charge is 0.232 e. The van der Waals surface area contributed by atoms with Crippen LogP contribution in [0, 0.1) is 11.7 Å². The monoisotopic (exact) mass is 416 g/mol. The molecule has 3 aromatic heterocycles. The number of aromatic amines is 1. The molecule has 0 bridgehead atoms. The minimum absolute atomic E-state index is 0.269. The summed E-state index contributed by atoms with van der Waals surface area (Å²) in [6.07, 6.45) is 4.36. The minimum Gasteiger partial charge on any atom is -0.516 e. The van der Waals surface area contributed by atoms with Gasteiger partial charge in [0.05, 0.1) is 17.9 Å². The molecule has 0 radical (unpaired) electrons. The van der Waals surface area contributed by atoms with Crippen LogP contribution in [0.15, 0.2) is 72.8 Å². The van der Waals surface area contributed by atoms with Crippen molar-refractivity contribution >= 4 is 22.8 Å². The molecule has 0 fully saturated rings. The minimum atomic E-state index is -0.492. The molecule has 3 N–H and O–H groups in total. The Morgan fingerprint density at radius 3 is 2.48 bits per heavy atom. The lowest BCUT2D eigenvalue weighted by atomic mass is 10.00. The second-order valence-electron chi connectivity index (χ2n) is 7.29. The second-order valence-corrected chi connectivity index (χ2v) is 7.29. The topological polar surface area (TPSA) is 90.9 Å². The van der Waals surface area contributed by atoms with E-state index in [1.165, 1.54) is 12.1 Å². The maximum Gasteiger partial charge on any atom is 0.232 e. The number of rotatable bonds is 5. The quantitative estimate of drug-likeness (QED) is 0.376. The Balaban J connectivity index is 1.80. The van der Waals surface area contributed by atoms with Gasteiger partial charge in [-0.15, -0.1) is 0 Å². The molecule has 4 aromatic rings. The number of nitrogens with one attached hydrogen (secondary N) is 2. The summed E-state index contributed by atoms with van der Waals surface area (Å²) < 4.78 is 13.5. The van der Waals surface area contributed by atoms with Crippen LogP contribution in [0.2, 0.25) is 0 Å². The Hall–Kier alpha value is -4.00. The molecule has 0 aliphatic heterocycles. The predicted octanol–water partition coefficient (Wildman–Crippen LogP) is 5.47. The van der Waals surface area contributed by atoms with E-state index >= 15 is 0 Å². The first-order valence-electron chi connectivity index (χ1n) is 9.78. The van der Waals surface area contributed by atoms with Gasteiger partial charge in [0.25, 0.3) is 0 Å². The van der Waals surface area contributed by atoms with Crippen LogP contribution < -0.4 is 5.32 Å². The molecular formula is C24H21FN4O2. The third kappa shape index (κ3) is 4.02. The Morgan fingerprint density at radius 2 is 1.81 bits per heavy atom. The molecule has 3 heterocycles. The van der Waals surface area contributed by atoms with Gasteiger partial charge in [-0.2, -0.15) is 0 Å². The number of fused-ring (bicyclic) bond motifs is 1. The number of H-pyrrole nitrogens is 1. The summed E-state index contributed by atoms with van der Waals surface area (Å²) in [6.45, 7) is 3.39. The predicted molar refractivity (Wildman–Crippen MR) is 119 cm³/mol. The van der Waals surface area contributed by atoms with Gasteiger partial charge in [0.1, 0.15) is 17.3 Å². The van der Waals surface area contributed by atoms with Gasteiger partial charge >= 0.3 is 0 Å². The summed E-state index contributed by atoms with van der Waals surface area (Å²) in [7, 11) is 0. The number of halogens is 1. The summed E-state index contributed by atoms with van der Waals surface area (Å²) >= 11 is 0. The van der Waals surface area contributed by atoms with Crippen molar-refractivity contribution < 1.29 is 14.3 Å². The number of hydrogen-bond donors (Lipinski definition) is 3. The van der Waals surface area contributed by atoms with Crippen LogP contribution in [0.1, 0.15) is 13.8 Å². The summed E-state index contributed by atoms with van der Waals surface area (Å²) in [4.78, 5) is 24.4. The number of carbonyl (C=O) groups excluding carboxylic acids is 1. The molecule has 7 heteroatoms. The van der Waals surface area contributed by atoms with Crippen LogP contribution in [-0.4, -0.2) is 26.0 Å². The number of anilines is 1. The number of carbonyl (C=O) groups is 1. The van der Waals surface area contributed by atoms with E-state index in [9.17, 15) is 9.18 Å². The third-order valence-electron chi connectivity index (χ3n) is 5.29. The SMILES string of the molecule is C/C(=C/O)[C@@H](C)C(=O)Nc1ccc2c(-c3ccncc3)c(-c3ccc(F)cc3)[nH]c2n1. The average molecular weight is 416 g/mol. The van der Waals surface area contributed by atoms with Crippen LogP contribution in [0.25, 0.3) is 33.4 Å². The van der Waals surface area contributed by atoms with Crippen molar-refractivity contribution in [2.24, 2.45) is 5.92 Å². The van der Waals surface area contributed by atoms with Crippen molar-refractivity contribution in [2.45, 2.75) is 13.8 Å². The number of aliphatic hydroxyl groups is 1. The fourth-order valence-corrected chi connectivity index (χ4v) is 3.35. The lowest BCUT2D eigenvalue weighted by Crippen LogP contribution is -2.21. The molecule has 0 unspecified atom stereocenters. The van der Waals surface area contributed by atoms with Crippen molar-refractivity contribution in [3.8, 4) is 22.4 Å². The lowest BCUT2D eigenvalue weighted by molar-refractivity contribution is -0.118. The van der Waals surface area contributed by atoms with Crippen LogP contribution in [-0.2, 0) is 4.79 Å². The highest BCUT2D eigenvalue weighted by atomic mass is 19.1. The van der Waals surface area contributed by atoms with Crippen LogP contribution in [0.3, 0.4) is 0 Å². The standard InChI is InChI=1S/C24H21FN4O2/c1-14(13-30)15(2)24(31)28-20-8-7-19-21(16-9-11-26-12-10-16)22(29-23(19)27-20)17-3-5-18(25)6-4-17/h3-13,15,30H,1-2H3,(H2,27,28,29,31)/b14-13-/t15-/m1/s1. The van der Waals surface area contributed by atoms with E-state index < -0.39 is 5.92 Å². The first-order chi connectivity index (χ1) is 15.0. The van der Waals surface area contributed by atoms with E-state index in [1.54, 1.807) is 44.4 Å². The highest BCUT2D eigenvalue weighted by Gasteiger charge is 2.19. The van der Waals surface area contributed by atoms with Crippen LogP contribution in [0.4, 0.5) is 10.2 Å². The fourth-order valence-electron chi connectivity index (χ4n) is 3.35. The zero-order valence-corrected chi connectivity index (χ0v) is 17.1. The van der Waals surface area contributed by atoms with Gasteiger partial charge in [0, 0.05) is 23.3 Å². The number of pyridine rings is 2. The molecule has 0 aliphatic rings. The molecule has 1 atom stereocenters. The maximum absolute atomic E-state index is 13.5. The van der Waals surface area contributed by atoms with Gasteiger partial charge in [-0.3, -0.25) is 9.78 Å². The average Bonchev–Trinajstić information content (AvgIpc) is 3.17. The third-order valence-corrected chi connectivity index (χ3v) is 5.29. The maximum atomic E-state index is 13.5. The van der Waals surface area contributed by atoms with Crippen molar-refractivity contribution in [1.82, 2.24) is 15.0 Å². The first-order valence-corrected chi connectivity index (χ1v) is 9.78. The van der Waals surface area contributed by atoms with Gasteiger partial charge in [-0.25, -0.2) is 9.37 Å². The van der Waals surface area contributed by atoms with Crippen molar-refractivity contribution in [3.63, 3.8) is 0 Å². The molecule has 4 rings (SSSR count). The number of hydrogen-bond acceptors (Lipinski definition) is 4. The molecule has 31 heavy (non-hydrogen) atoms. The molecule has 0 aliphatic carbocycles. The van der Waals surface area contributed by atoms with Crippen molar-refractivity contribution in [3.05, 3.63) is 78.6 Å². The largest absolute Gasteiger partial charge is 0.516 e. The summed E-state index contributed by atoms with van der Waals surface area (Å²) in [5.41, 5.74) is 4.61. The van der Waals surface area contributed by atoms with E-state index in [2.05, 4.69) is 20.3 Å². The van der Waals surface area contributed by atoms with E-state index in [0.717, 1.165) is 34.0 Å². The number of nitrogens with zero attached hydrogens (tertiary/aromatic N) is 2. The normalized spacial score (nSPS) is 12.7. The summed E-state index contributed by atoms with van der Waals surface area (Å²) in [5.74, 6) is -0.680. The van der Waals surface area contributed by atoms with Crippen molar-refractivity contribution in [1.29, 1.82) is 0 Å². The Labute approximate surface area is 178 Å². The number of amides is 1. The summed E-state index contributed by atoms with van der Waals surface area (Å²) in [5, 5.41) is 12.8.